The summed E-state index contributed by atoms with van der Waals surface area (Å²) in [6.07, 6.45) is 3.36. The van der Waals surface area contributed by atoms with Crippen molar-refractivity contribution in [3.63, 3.8) is 0 Å². The number of hydrogen-bond donors (Lipinski definition) is 2. The quantitative estimate of drug-likeness (QED) is 0.724. The van der Waals surface area contributed by atoms with Gasteiger partial charge in [0.2, 0.25) is 5.91 Å². The first-order chi connectivity index (χ1) is 9.43. The first-order valence-corrected chi connectivity index (χ1v) is 7.66. The molecule has 0 aliphatic carbocycles. The Kier molecular flexibility index (Phi) is 7.16. The molecule has 2 atom stereocenters. The van der Waals surface area contributed by atoms with Crippen LogP contribution in [-0.2, 0) is 9.59 Å². The molecular weight excluding hydrogens is 254 g/mol. The fraction of sp³-hybridized carbons (Fsp3) is 0.867. The Labute approximate surface area is 122 Å². The summed E-state index contributed by atoms with van der Waals surface area (Å²) in [6.45, 7) is 8.43. The Morgan fingerprint density at radius 3 is 2.65 bits per heavy atom. The number of carbonyl (C=O) groups excluding carboxylic acids is 2. The Morgan fingerprint density at radius 2 is 2.10 bits per heavy atom. The van der Waals surface area contributed by atoms with Crippen molar-refractivity contribution in [2.24, 2.45) is 17.6 Å². The van der Waals surface area contributed by atoms with E-state index in [9.17, 15) is 9.59 Å². The van der Waals surface area contributed by atoms with E-state index < -0.39 is 0 Å². The van der Waals surface area contributed by atoms with Gasteiger partial charge in [-0.2, -0.15) is 0 Å². The summed E-state index contributed by atoms with van der Waals surface area (Å²) in [5.74, 6) is 0.707. The molecule has 0 spiro atoms. The van der Waals surface area contributed by atoms with Gasteiger partial charge in [-0.25, -0.2) is 0 Å². The number of likely N-dealkylation sites (tertiary alicyclic amines) is 1. The van der Waals surface area contributed by atoms with Gasteiger partial charge in [0.25, 0.3) is 0 Å². The Hall–Kier alpha value is -0.940. The van der Waals surface area contributed by atoms with Gasteiger partial charge >= 0.3 is 0 Å². The summed E-state index contributed by atoms with van der Waals surface area (Å²) in [7, 11) is 0. The number of ketones is 1. The Morgan fingerprint density at radius 1 is 1.40 bits per heavy atom. The minimum Gasteiger partial charge on any atom is -0.345 e. The van der Waals surface area contributed by atoms with Gasteiger partial charge in [-0.1, -0.05) is 13.8 Å². The minimum absolute atomic E-state index is 0.0213. The molecule has 1 aliphatic rings. The standard InChI is InChI=1S/C15H29N3O2/c1-11(2)15(12(3)19)17-14(20)10-18-8-4-5-13(9-18)6-7-16/h11,13,15H,4-10,16H2,1-3H3,(H,17,20). The second-order valence-electron chi connectivity index (χ2n) is 6.22. The maximum atomic E-state index is 12.1. The number of carbonyl (C=O) groups is 2. The molecule has 1 heterocycles. The minimum atomic E-state index is -0.368. The van der Waals surface area contributed by atoms with E-state index in [1.807, 2.05) is 13.8 Å². The van der Waals surface area contributed by atoms with Gasteiger partial charge in [0, 0.05) is 6.54 Å². The number of nitrogens with zero attached hydrogens (tertiary/aromatic N) is 1. The molecule has 1 aliphatic heterocycles. The molecule has 5 nitrogen and oxygen atoms in total. The molecule has 3 N–H and O–H groups in total. The van der Waals surface area contributed by atoms with Crippen LogP contribution in [0.25, 0.3) is 0 Å². The van der Waals surface area contributed by atoms with E-state index in [0.717, 1.165) is 25.9 Å². The van der Waals surface area contributed by atoms with Crippen molar-refractivity contribution in [2.45, 2.75) is 46.1 Å². The smallest absolute Gasteiger partial charge is 0.234 e. The molecule has 0 aromatic rings. The lowest BCUT2D eigenvalue weighted by Crippen LogP contribution is -2.49. The van der Waals surface area contributed by atoms with Crippen molar-refractivity contribution in [2.75, 3.05) is 26.2 Å². The number of hydrogen-bond acceptors (Lipinski definition) is 4. The fourth-order valence-electron chi connectivity index (χ4n) is 2.93. The number of Topliss-reactive ketones (excluding diaryl/α,β-unsaturated/α-hetero) is 1. The maximum absolute atomic E-state index is 12.1. The largest absolute Gasteiger partial charge is 0.345 e. The van der Waals surface area contributed by atoms with Gasteiger partial charge in [0.1, 0.15) is 0 Å². The first kappa shape index (κ1) is 17.1. The zero-order valence-electron chi connectivity index (χ0n) is 13.0. The van der Waals surface area contributed by atoms with Crippen LogP contribution in [0.15, 0.2) is 0 Å². The maximum Gasteiger partial charge on any atom is 0.234 e. The summed E-state index contributed by atoms with van der Waals surface area (Å²) in [5.41, 5.74) is 5.60. The van der Waals surface area contributed by atoms with Gasteiger partial charge in [0.15, 0.2) is 5.78 Å². The molecule has 1 amide bonds. The summed E-state index contributed by atoms with van der Waals surface area (Å²) >= 11 is 0. The molecule has 5 heteroatoms. The van der Waals surface area contributed by atoms with Crippen LogP contribution >= 0.6 is 0 Å². The number of nitrogens with one attached hydrogen (secondary N) is 1. The predicted molar refractivity (Wildman–Crippen MR) is 80.3 cm³/mol. The fourth-order valence-corrected chi connectivity index (χ4v) is 2.93. The van der Waals surface area contributed by atoms with Crippen molar-refractivity contribution >= 4 is 11.7 Å². The lowest BCUT2D eigenvalue weighted by atomic mass is 9.95. The monoisotopic (exact) mass is 283 g/mol. The van der Waals surface area contributed by atoms with E-state index >= 15 is 0 Å². The van der Waals surface area contributed by atoms with Gasteiger partial charge in [0.05, 0.1) is 12.6 Å². The molecule has 0 aromatic heterocycles. The lowest BCUT2D eigenvalue weighted by molar-refractivity contribution is -0.128. The van der Waals surface area contributed by atoms with Crippen LogP contribution in [0.2, 0.25) is 0 Å². The summed E-state index contributed by atoms with van der Waals surface area (Å²) in [5, 5.41) is 2.86. The summed E-state index contributed by atoms with van der Waals surface area (Å²) < 4.78 is 0. The van der Waals surface area contributed by atoms with Gasteiger partial charge in [-0.15, -0.1) is 0 Å². The number of rotatable bonds is 7. The van der Waals surface area contributed by atoms with Gasteiger partial charge in [-0.05, 0) is 51.1 Å². The van der Waals surface area contributed by atoms with Crippen molar-refractivity contribution in [1.82, 2.24) is 10.2 Å². The van der Waals surface area contributed by atoms with Crippen LogP contribution in [0.3, 0.4) is 0 Å². The van der Waals surface area contributed by atoms with Crippen LogP contribution in [0, 0.1) is 11.8 Å². The molecule has 2 unspecified atom stereocenters. The Bertz CT molecular complexity index is 329. The van der Waals surface area contributed by atoms with Crippen LogP contribution in [0.4, 0.5) is 0 Å². The summed E-state index contributed by atoms with van der Waals surface area (Å²) in [6, 6.07) is -0.368. The van der Waals surface area contributed by atoms with Crippen molar-refractivity contribution in [1.29, 1.82) is 0 Å². The van der Waals surface area contributed by atoms with Crippen LogP contribution in [0.1, 0.15) is 40.0 Å². The zero-order chi connectivity index (χ0) is 15.1. The van der Waals surface area contributed by atoms with Crippen molar-refractivity contribution in [3.8, 4) is 0 Å². The second kappa shape index (κ2) is 8.37. The molecule has 116 valence electrons. The topological polar surface area (TPSA) is 75.4 Å². The van der Waals surface area contributed by atoms with Crippen LogP contribution in [-0.4, -0.2) is 48.8 Å². The average Bonchev–Trinajstić information content (AvgIpc) is 2.36. The van der Waals surface area contributed by atoms with Crippen LogP contribution in [0.5, 0.6) is 0 Å². The molecule has 0 saturated carbocycles. The molecule has 1 saturated heterocycles. The number of amides is 1. The average molecular weight is 283 g/mol. The molecular formula is C15H29N3O2. The number of piperidine rings is 1. The molecule has 20 heavy (non-hydrogen) atoms. The summed E-state index contributed by atoms with van der Waals surface area (Å²) in [4.78, 5) is 25.8. The third-order valence-corrected chi connectivity index (χ3v) is 3.97. The highest BCUT2D eigenvalue weighted by Crippen LogP contribution is 2.18. The van der Waals surface area contributed by atoms with E-state index in [-0.39, 0.29) is 23.7 Å². The molecule has 1 rings (SSSR count). The highest BCUT2D eigenvalue weighted by atomic mass is 16.2. The Balaban J connectivity index is 2.43. The highest BCUT2D eigenvalue weighted by molar-refractivity contribution is 5.88. The normalized spacial score (nSPS) is 21.8. The molecule has 0 bridgehead atoms. The predicted octanol–water partition coefficient (Wildman–Crippen LogP) is 0.777. The van der Waals surface area contributed by atoms with Crippen molar-refractivity contribution < 1.29 is 9.59 Å². The zero-order valence-corrected chi connectivity index (χ0v) is 13.0. The van der Waals surface area contributed by atoms with E-state index in [1.165, 1.54) is 13.3 Å². The molecule has 1 fully saturated rings. The third kappa shape index (κ3) is 5.59. The second-order valence-corrected chi connectivity index (χ2v) is 6.22. The van der Waals surface area contributed by atoms with Crippen molar-refractivity contribution in [3.05, 3.63) is 0 Å². The highest BCUT2D eigenvalue weighted by Gasteiger charge is 2.24. The van der Waals surface area contributed by atoms with E-state index in [1.54, 1.807) is 0 Å². The third-order valence-electron chi connectivity index (χ3n) is 3.97. The SMILES string of the molecule is CC(=O)C(NC(=O)CN1CCCC(CCN)C1)C(C)C. The molecule has 0 radical (unpaired) electrons. The van der Waals surface area contributed by atoms with Gasteiger partial charge in [-0.3, -0.25) is 14.5 Å². The van der Waals surface area contributed by atoms with E-state index in [4.69, 9.17) is 5.73 Å². The van der Waals surface area contributed by atoms with Gasteiger partial charge < -0.3 is 11.1 Å². The first-order valence-electron chi connectivity index (χ1n) is 7.66. The lowest BCUT2D eigenvalue weighted by Gasteiger charge is -2.32. The number of nitrogens with two attached hydrogens (primary N) is 1. The van der Waals surface area contributed by atoms with E-state index in [0.29, 0.717) is 19.0 Å². The van der Waals surface area contributed by atoms with E-state index in [2.05, 4.69) is 10.2 Å². The van der Waals surface area contributed by atoms with Crippen LogP contribution < -0.4 is 11.1 Å². The molecule has 0 aromatic carbocycles.